The Kier molecular flexibility index (Phi) is 11.8. The van der Waals surface area contributed by atoms with E-state index >= 15 is 0 Å². The lowest BCUT2D eigenvalue weighted by molar-refractivity contribution is -0.139. The summed E-state index contributed by atoms with van der Waals surface area (Å²) in [6.07, 6.45) is 0.881. The number of amides is 2. The fourth-order valence-electron chi connectivity index (χ4n) is 4.55. The van der Waals surface area contributed by atoms with Gasteiger partial charge in [-0.3, -0.25) is 13.9 Å². The van der Waals surface area contributed by atoms with Crippen LogP contribution in [0.2, 0.25) is 0 Å². The van der Waals surface area contributed by atoms with Crippen LogP contribution in [0.3, 0.4) is 0 Å². The molecule has 1 atom stereocenters. The molecule has 3 aromatic rings. The van der Waals surface area contributed by atoms with Crippen LogP contribution in [0.25, 0.3) is 0 Å². The molecule has 2 amide bonds. The van der Waals surface area contributed by atoms with E-state index in [-0.39, 0.29) is 29.0 Å². The second-order valence-electron chi connectivity index (χ2n) is 10.2. The minimum atomic E-state index is -4.23. The highest BCUT2D eigenvalue weighted by Crippen LogP contribution is 2.32. The second-order valence-corrected chi connectivity index (χ2v) is 12.1. The Labute approximate surface area is 249 Å². The first-order valence-corrected chi connectivity index (χ1v) is 15.5. The third-order valence-corrected chi connectivity index (χ3v) is 8.59. The third-order valence-electron chi connectivity index (χ3n) is 6.82. The quantitative estimate of drug-likeness (QED) is 0.277. The molecule has 0 aromatic heterocycles. The molecular weight excluding hydrogens is 554 g/mol. The van der Waals surface area contributed by atoms with Gasteiger partial charge in [0.2, 0.25) is 11.8 Å². The number of hydrogen-bond donors (Lipinski definition) is 1. The molecule has 9 nitrogen and oxygen atoms in total. The summed E-state index contributed by atoms with van der Waals surface area (Å²) in [5.41, 5.74) is 1.33. The molecule has 0 aliphatic rings. The summed E-state index contributed by atoms with van der Waals surface area (Å²) in [5.74, 6) is 0.117. The van der Waals surface area contributed by atoms with Gasteiger partial charge in [0.05, 0.1) is 24.8 Å². The number of carbonyl (C=O) groups excluding carboxylic acids is 2. The zero-order valence-electron chi connectivity index (χ0n) is 24.9. The lowest BCUT2D eigenvalue weighted by atomic mass is 10.1. The Morgan fingerprint density at radius 3 is 2.07 bits per heavy atom. The van der Waals surface area contributed by atoms with Crippen LogP contribution in [0.5, 0.6) is 11.5 Å². The zero-order chi connectivity index (χ0) is 30.7. The van der Waals surface area contributed by atoms with Crippen LogP contribution < -0.4 is 19.1 Å². The van der Waals surface area contributed by atoms with Crippen LogP contribution in [-0.2, 0) is 26.0 Å². The van der Waals surface area contributed by atoms with Crippen molar-refractivity contribution in [1.29, 1.82) is 0 Å². The van der Waals surface area contributed by atoms with Crippen molar-refractivity contribution in [3.63, 3.8) is 0 Å². The Bertz CT molecular complexity index is 1410. The molecule has 226 valence electrons. The number of para-hydroxylation sites is 1. The van der Waals surface area contributed by atoms with Gasteiger partial charge in [-0.1, -0.05) is 69.3 Å². The normalized spacial score (nSPS) is 12.0. The van der Waals surface area contributed by atoms with E-state index in [4.69, 9.17) is 9.47 Å². The van der Waals surface area contributed by atoms with E-state index in [1.165, 1.54) is 37.3 Å². The van der Waals surface area contributed by atoms with Crippen molar-refractivity contribution in [3.8, 4) is 11.5 Å². The number of sulfonamides is 1. The maximum Gasteiger partial charge on any atom is 0.264 e. The molecule has 1 N–H and O–H groups in total. The number of hydrogen-bond acceptors (Lipinski definition) is 6. The number of benzene rings is 3. The predicted molar refractivity (Wildman–Crippen MR) is 164 cm³/mol. The van der Waals surface area contributed by atoms with Gasteiger partial charge in [-0.15, -0.1) is 0 Å². The van der Waals surface area contributed by atoms with Gasteiger partial charge in [0.15, 0.2) is 11.5 Å². The lowest BCUT2D eigenvalue weighted by Crippen LogP contribution is -2.53. The highest BCUT2D eigenvalue weighted by Gasteiger charge is 2.33. The summed E-state index contributed by atoms with van der Waals surface area (Å²) in [7, 11) is -1.34. The first-order valence-electron chi connectivity index (χ1n) is 14.0. The molecule has 42 heavy (non-hydrogen) atoms. The summed E-state index contributed by atoms with van der Waals surface area (Å²) in [5, 5.41) is 2.94. The number of methoxy groups -OCH3 is 2. The Morgan fingerprint density at radius 2 is 1.50 bits per heavy atom. The van der Waals surface area contributed by atoms with Crippen molar-refractivity contribution >= 4 is 27.5 Å². The van der Waals surface area contributed by atoms with E-state index in [0.717, 1.165) is 9.87 Å². The lowest BCUT2D eigenvalue weighted by Gasteiger charge is -2.33. The molecule has 0 fully saturated rings. The molecule has 0 radical (unpaired) electrons. The summed E-state index contributed by atoms with van der Waals surface area (Å²) in [6, 6.07) is 21.6. The monoisotopic (exact) mass is 595 g/mol. The van der Waals surface area contributed by atoms with Crippen molar-refractivity contribution in [3.05, 3.63) is 84.4 Å². The standard InChI is InChI=1S/C32H41N3O6S/c1-6-28(32(37)33-22-24(2)3)34(20-19-25-13-9-7-10-14-25)31(36)23-35(26-15-11-8-12-16-26)42(38,39)27-17-18-29(40-4)30(21-27)41-5/h7-18,21,24,28H,6,19-20,22-23H2,1-5H3,(H,33,37)/t28-/m1/s1. The number of nitrogens with zero attached hydrogens (tertiary/aromatic N) is 2. The molecule has 0 heterocycles. The maximum atomic E-state index is 14.1. The third kappa shape index (κ3) is 8.25. The average molecular weight is 596 g/mol. The minimum Gasteiger partial charge on any atom is -0.493 e. The van der Waals surface area contributed by atoms with Crippen molar-refractivity contribution < 1.29 is 27.5 Å². The number of anilines is 1. The molecular formula is C32H41N3O6S. The second kappa shape index (κ2) is 15.3. The van der Waals surface area contributed by atoms with E-state index in [9.17, 15) is 18.0 Å². The largest absolute Gasteiger partial charge is 0.493 e. The van der Waals surface area contributed by atoms with E-state index in [2.05, 4.69) is 5.32 Å². The van der Waals surface area contributed by atoms with Gasteiger partial charge in [-0.05, 0) is 48.6 Å². The highest BCUT2D eigenvalue weighted by atomic mass is 32.2. The highest BCUT2D eigenvalue weighted by molar-refractivity contribution is 7.92. The minimum absolute atomic E-state index is 0.0608. The van der Waals surface area contributed by atoms with Gasteiger partial charge in [-0.2, -0.15) is 0 Å². The van der Waals surface area contributed by atoms with Crippen LogP contribution in [0.1, 0.15) is 32.8 Å². The SMILES string of the molecule is CC[C@H](C(=O)NCC(C)C)N(CCc1ccccc1)C(=O)CN(c1ccccc1)S(=O)(=O)c1ccc(OC)c(OC)c1. The number of carbonyl (C=O) groups is 2. The molecule has 10 heteroatoms. The smallest absolute Gasteiger partial charge is 0.264 e. The number of nitrogens with one attached hydrogen (secondary N) is 1. The van der Waals surface area contributed by atoms with E-state index in [1.807, 2.05) is 51.1 Å². The van der Waals surface area contributed by atoms with E-state index in [1.54, 1.807) is 30.3 Å². The van der Waals surface area contributed by atoms with Crippen LogP contribution in [0.15, 0.2) is 83.8 Å². The summed E-state index contributed by atoms with van der Waals surface area (Å²) < 4.78 is 39.8. The molecule has 0 spiro atoms. The van der Waals surface area contributed by atoms with Crippen molar-refractivity contribution in [1.82, 2.24) is 10.2 Å². The summed E-state index contributed by atoms with van der Waals surface area (Å²) in [4.78, 5) is 28.8. The summed E-state index contributed by atoms with van der Waals surface area (Å²) in [6.45, 7) is 6.06. The van der Waals surface area contributed by atoms with Crippen LogP contribution >= 0.6 is 0 Å². The molecule has 3 rings (SSSR count). The van der Waals surface area contributed by atoms with Crippen molar-refractivity contribution in [2.75, 3.05) is 38.2 Å². The van der Waals surface area contributed by atoms with Crippen LogP contribution in [-0.4, -0.2) is 65.0 Å². The van der Waals surface area contributed by atoms with Crippen LogP contribution in [0.4, 0.5) is 5.69 Å². The number of rotatable bonds is 15. The Morgan fingerprint density at radius 1 is 0.881 bits per heavy atom. The van der Waals surface area contributed by atoms with E-state index < -0.39 is 28.5 Å². The van der Waals surface area contributed by atoms with Gasteiger partial charge >= 0.3 is 0 Å². The predicted octanol–water partition coefficient (Wildman–Crippen LogP) is 4.52. The number of ether oxygens (including phenoxy) is 2. The fraction of sp³-hybridized carbons (Fsp3) is 0.375. The Balaban J connectivity index is 2.01. The first kappa shape index (κ1) is 32.5. The van der Waals surface area contributed by atoms with Crippen molar-refractivity contribution in [2.45, 2.75) is 44.6 Å². The van der Waals surface area contributed by atoms with Gasteiger partial charge in [0, 0.05) is 19.2 Å². The molecule has 0 aliphatic carbocycles. The zero-order valence-corrected chi connectivity index (χ0v) is 25.8. The van der Waals surface area contributed by atoms with Crippen LogP contribution in [0, 0.1) is 5.92 Å². The van der Waals surface area contributed by atoms with Gasteiger partial charge in [-0.25, -0.2) is 8.42 Å². The van der Waals surface area contributed by atoms with E-state index in [0.29, 0.717) is 30.8 Å². The molecule has 0 saturated carbocycles. The van der Waals surface area contributed by atoms with Gasteiger partial charge in [0.1, 0.15) is 12.6 Å². The molecule has 0 saturated heterocycles. The average Bonchev–Trinajstić information content (AvgIpc) is 3.00. The molecule has 3 aromatic carbocycles. The topological polar surface area (TPSA) is 105 Å². The van der Waals surface area contributed by atoms with Crippen molar-refractivity contribution in [2.24, 2.45) is 5.92 Å². The molecule has 0 unspecified atom stereocenters. The first-order chi connectivity index (χ1) is 20.1. The molecule has 0 bridgehead atoms. The maximum absolute atomic E-state index is 14.1. The Hall–Kier alpha value is -4.05. The van der Waals surface area contributed by atoms with Gasteiger partial charge in [0.25, 0.3) is 10.0 Å². The molecule has 0 aliphatic heterocycles. The summed E-state index contributed by atoms with van der Waals surface area (Å²) >= 11 is 0. The fourth-order valence-corrected chi connectivity index (χ4v) is 5.98. The van der Waals surface area contributed by atoms with Gasteiger partial charge < -0.3 is 19.7 Å².